The normalized spacial score (nSPS) is 13.2. The number of nitrogens with zero attached hydrogens (tertiary/aromatic N) is 2. The van der Waals surface area contributed by atoms with Crippen molar-refractivity contribution in [2.45, 2.75) is 51.7 Å². The predicted octanol–water partition coefficient (Wildman–Crippen LogP) is 4.25. The minimum atomic E-state index is -0.111. The van der Waals surface area contributed by atoms with Gasteiger partial charge in [-0.2, -0.15) is 0 Å². The van der Waals surface area contributed by atoms with Crippen LogP contribution in [0.25, 0.3) is 0 Å². The molecule has 1 fully saturated rings. The predicted molar refractivity (Wildman–Crippen MR) is 113 cm³/mol. The topological polar surface area (TPSA) is 52.7 Å². The fraction of sp³-hybridized carbons (Fsp3) is 0.455. The molecule has 0 bridgehead atoms. The van der Waals surface area contributed by atoms with Gasteiger partial charge in [-0.1, -0.05) is 49.7 Å². The average molecular weight is 400 g/mol. The molecule has 28 heavy (non-hydrogen) atoms. The maximum Gasteiger partial charge on any atom is 0.318 e. The number of carbonyl (C=O) groups excluding carboxylic acids is 2. The molecule has 2 aromatic rings. The molecule has 1 aliphatic carbocycles. The van der Waals surface area contributed by atoms with Crippen molar-refractivity contribution in [3.05, 3.63) is 58.3 Å². The summed E-state index contributed by atoms with van der Waals surface area (Å²) in [6, 6.07) is 14.2. The zero-order valence-corrected chi connectivity index (χ0v) is 17.3. The molecule has 0 unspecified atom stereocenters. The average Bonchev–Trinajstić information content (AvgIpc) is 3.42. The number of thiophene rings is 1. The molecule has 0 spiro atoms. The van der Waals surface area contributed by atoms with Crippen molar-refractivity contribution >= 4 is 23.3 Å². The summed E-state index contributed by atoms with van der Waals surface area (Å²) in [5, 5.41) is 4.99. The van der Waals surface area contributed by atoms with Gasteiger partial charge in [-0.05, 0) is 36.3 Å². The number of hydrogen-bond donors (Lipinski definition) is 1. The number of urea groups is 1. The number of unbranched alkanes of at least 4 members (excludes halogenated alkanes) is 1. The van der Waals surface area contributed by atoms with Gasteiger partial charge in [0.25, 0.3) is 0 Å². The van der Waals surface area contributed by atoms with Crippen molar-refractivity contribution in [2.75, 3.05) is 13.1 Å². The zero-order chi connectivity index (χ0) is 19.8. The molecule has 1 saturated carbocycles. The summed E-state index contributed by atoms with van der Waals surface area (Å²) in [6.07, 6.45) is 3.96. The summed E-state index contributed by atoms with van der Waals surface area (Å²) < 4.78 is 0. The highest BCUT2D eigenvalue weighted by Gasteiger charge is 2.34. The molecule has 0 radical (unpaired) electrons. The van der Waals surface area contributed by atoms with E-state index in [1.54, 1.807) is 16.2 Å². The highest BCUT2D eigenvalue weighted by atomic mass is 32.1. The van der Waals surface area contributed by atoms with Crippen molar-refractivity contribution in [2.24, 2.45) is 0 Å². The Labute approximate surface area is 171 Å². The second-order valence-electron chi connectivity index (χ2n) is 7.26. The summed E-state index contributed by atoms with van der Waals surface area (Å²) in [6.45, 7) is 4.02. The molecule has 0 atom stereocenters. The van der Waals surface area contributed by atoms with Gasteiger partial charge in [0.05, 0.1) is 6.54 Å². The van der Waals surface area contributed by atoms with E-state index in [0.29, 0.717) is 19.6 Å². The van der Waals surface area contributed by atoms with Crippen molar-refractivity contribution in [3.63, 3.8) is 0 Å². The number of carbonyl (C=O) groups is 2. The van der Waals surface area contributed by atoms with Crippen LogP contribution < -0.4 is 5.32 Å². The third-order valence-electron chi connectivity index (χ3n) is 4.86. The van der Waals surface area contributed by atoms with Crippen LogP contribution in [0.3, 0.4) is 0 Å². The number of amides is 3. The Balaban J connectivity index is 1.67. The molecule has 1 heterocycles. The van der Waals surface area contributed by atoms with E-state index in [2.05, 4.69) is 12.2 Å². The lowest BCUT2D eigenvalue weighted by molar-refractivity contribution is -0.133. The molecular formula is C22H29N3O2S. The fourth-order valence-corrected chi connectivity index (χ4v) is 3.82. The Kier molecular flexibility index (Phi) is 7.48. The monoisotopic (exact) mass is 399 g/mol. The zero-order valence-electron chi connectivity index (χ0n) is 16.5. The molecule has 0 aliphatic heterocycles. The lowest BCUT2D eigenvalue weighted by Crippen LogP contribution is -2.47. The third-order valence-corrected chi connectivity index (χ3v) is 5.72. The SMILES string of the molecule is CCCCNC(=O)N(CC(=O)N(Cc1ccccc1)Cc1cccs1)C1CC1. The summed E-state index contributed by atoms with van der Waals surface area (Å²) in [5.74, 6) is -0.00482. The summed E-state index contributed by atoms with van der Waals surface area (Å²) in [5.41, 5.74) is 1.10. The highest BCUT2D eigenvalue weighted by Crippen LogP contribution is 2.27. The molecule has 3 amide bonds. The first-order valence-corrected chi connectivity index (χ1v) is 10.9. The van der Waals surface area contributed by atoms with Gasteiger partial charge < -0.3 is 15.1 Å². The Bertz CT molecular complexity index is 744. The minimum absolute atomic E-state index is 0.00482. The molecule has 0 saturated heterocycles. The van der Waals surface area contributed by atoms with Crippen LogP contribution in [-0.2, 0) is 17.9 Å². The summed E-state index contributed by atoms with van der Waals surface area (Å²) in [4.78, 5) is 30.5. The lowest BCUT2D eigenvalue weighted by Gasteiger charge is -2.28. The smallest absolute Gasteiger partial charge is 0.318 e. The van der Waals surface area contributed by atoms with Crippen LogP contribution in [0.1, 0.15) is 43.0 Å². The highest BCUT2D eigenvalue weighted by molar-refractivity contribution is 7.09. The largest absolute Gasteiger partial charge is 0.338 e. The van der Waals surface area contributed by atoms with Crippen molar-refractivity contribution in [1.29, 1.82) is 0 Å². The van der Waals surface area contributed by atoms with Crippen molar-refractivity contribution in [3.8, 4) is 0 Å². The van der Waals surface area contributed by atoms with Crippen LogP contribution in [0.15, 0.2) is 47.8 Å². The van der Waals surface area contributed by atoms with Gasteiger partial charge in [0, 0.05) is 24.0 Å². The van der Waals surface area contributed by atoms with Crippen LogP contribution >= 0.6 is 11.3 Å². The molecule has 150 valence electrons. The van der Waals surface area contributed by atoms with Crippen LogP contribution in [0.4, 0.5) is 4.79 Å². The molecule has 1 aliphatic rings. The van der Waals surface area contributed by atoms with Crippen molar-refractivity contribution in [1.82, 2.24) is 15.1 Å². The second-order valence-corrected chi connectivity index (χ2v) is 8.29. The Morgan fingerprint density at radius 1 is 1.11 bits per heavy atom. The molecule has 1 N–H and O–H groups in total. The standard InChI is InChI=1S/C22H29N3O2S/c1-2-3-13-23-22(27)25(19-11-12-19)17-21(26)24(16-20-10-7-14-28-20)15-18-8-5-4-6-9-18/h4-10,14,19H,2-3,11-13,15-17H2,1H3,(H,23,27). The van der Waals surface area contributed by atoms with E-state index in [1.807, 2.05) is 52.7 Å². The second kappa shape index (κ2) is 10.3. The van der Waals surface area contributed by atoms with Crippen LogP contribution in [0.2, 0.25) is 0 Å². The maximum absolute atomic E-state index is 13.2. The Morgan fingerprint density at radius 2 is 1.89 bits per heavy atom. The third kappa shape index (κ3) is 6.09. The fourth-order valence-electron chi connectivity index (χ4n) is 3.10. The van der Waals surface area contributed by atoms with E-state index in [9.17, 15) is 9.59 Å². The van der Waals surface area contributed by atoms with Gasteiger partial charge in [-0.15, -0.1) is 11.3 Å². The summed E-state index contributed by atoms with van der Waals surface area (Å²) in [7, 11) is 0. The first-order chi connectivity index (χ1) is 13.7. The van der Waals surface area contributed by atoms with Gasteiger partial charge >= 0.3 is 6.03 Å². The molecule has 1 aromatic carbocycles. The molecule has 1 aromatic heterocycles. The van der Waals surface area contributed by atoms with E-state index in [4.69, 9.17) is 0 Å². The van der Waals surface area contributed by atoms with Gasteiger partial charge in [-0.3, -0.25) is 4.79 Å². The van der Waals surface area contributed by atoms with E-state index in [1.165, 1.54) is 0 Å². The number of hydrogen-bond acceptors (Lipinski definition) is 3. The van der Waals surface area contributed by atoms with Gasteiger partial charge in [0.15, 0.2) is 0 Å². The van der Waals surface area contributed by atoms with Crippen molar-refractivity contribution < 1.29 is 9.59 Å². The Morgan fingerprint density at radius 3 is 2.54 bits per heavy atom. The molecule has 6 heteroatoms. The minimum Gasteiger partial charge on any atom is -0.338 e. The maximum atomic E-state index is 13.2. The first-order valence-electron chi connectivity index (χ1n) is 10.1. The number of benzene rings is 1. The van der Waals surface area contributed by atoms with E-state index in [-0.39, 0.29) is 24.5 Å². The quantitative estimate of drug-likeness (QED) is 0.607. The van der Waals surface area contributed by atoms with Crippen LogP contribution in [-0.4, -0.2) is 40.9 Å². The van der Waals surface area contributed by atoms with Gasteiger partial charge in [0.2, 0.25) is 5.91 Å². The molecule has 5 nitrogen and oxygen atoms in total. The van der Waals surface area contributed by atoms with Gasteiger partial charge in [0.1, 0.15) is 6.54 Å². The summed E-state index contributed by atoms with van der Waals surface area (Å²) >= 11 is 1.65. The number of nitrogens with one attached hydrogen (secondary N) is 1. The first kappa shape index (κ1) is 20.4. The van der Waals surface area contributed by atoms with Crippen LogP contribution in [0, 0.1) is 0 Å². The van der Waals surface area contributed by atoms with Gasteiger partial charge in [-0.25, -0.2) is 4.79 Å². The number of rotatable bonds is 10. The molecule has 3 rings (SSSR count). The Hall–Kier alpha value is -2.34. The van der Waals surface area contributed by atoms with E-state index < -0.39 is 0 Å². The van der Waals surface area contributed by atoms with E-state index >= 15 is 0 Å². The lowest BCUT2D eigenvalue weighted by atomic mass is 10.2. The molecular weight excluding hydrogens is 370 g/mol. The van der Waals surface area contributed by atoms with E-state index in [0.717, 1.165) is 36.1 Å². The van der Waals surface area contributed by atoms with Crippen LogP contribution in [0.5, 0.6) is 0 Å².